The summed E-state index contributed by atoms with van der Waals surface area (Å²) in [6.45, 7) is 2.87. The molecule has 0 aliphatic heterocycles. The fourth-order valence-corrected chi connectivity index (χ4v) is 2.87. The van der Waals surface area contributed by atoms with E-state index in [-0.39, 0.29) is 18.3 Å². The molecule has 0 fully saturated rings. The molecule has 0 bridgehead atoms. The van der Waals surface area contributed by atoms with E-state index in [2.05, 4.69) is 36.4 Å². The van der Waals surface area contributed by atoms with Crippen LogP contribution in [0.25, 0.3) is 0 Å². The number of H-pyrrole nitrogens is 1. The van der Waals surface area contributed by atoms with Crippen LogP contribution in [0.3, 0.4) is 0 Å². The largest absolute Gasteiger partial charge is 0.438 e. The number of pyridine rings is 1. The predicted octanol–water partition coefficient (Wildman–Crippen LogP) is 3.84. The van der Waals surface area contributed by atoms with Gasteiger partial charge in [0.25, 0.3) is 5.91 Å². The molecule has 0 radical (unpaired) electrons. The van der Waals surface area contributed by atoms with Gasteiger partial charge in [-0.1, -0.05) is 15.9 Å². The molecule has 3 rings (SSSR count). The van der Waals surface area contributed by atoms with Crippen molar-refractivity contribution in [1.82, 2.24) is 25.1 Å². The van der Waals surface area contributed by atoms with E-state index in [1.165, 1.54) is 0 Å². The lowest BCUT2D eigenvalue weighted by atomic mass is 10.2. The molecular weight excluding hydrogens is 418 g/mol. The highest BCUT2D eigenvalue weighted by molar-refractivity contribution is 9.10. The van der Waals surface area contributed by atoms with Crippen LogP contribution >= 0.6 is 28.1 Å². The van der Waals surface area contributed by atoms with Crippen LogP contribution in [0, 0.1) is 4.77 Å². The molecule has 2 N–H and O–H groups in total. The molecule has 3 aromatic rings. The van der Waals surface area contributed by atoms with E-state index in [1.54, 1.807) is 30.5 Å². The summed E-state index contributed by atoms with van der Waals surface area (Å²) in [6, 6.07) is 10.6. The number of aromatic amines is 1. The molecule has 0 aliphatic rings. The second-order valence-electron chi connectivity index (χ2n) is 5.28. The highest BCUT2D eigenvalue weighted by Crippen LogP contribution is 2.24. The second kappa shape index (κ2) is 8.24. The fourth-order valence-electron chi connectivity index (χ4n) is 2.33. The van der Waals surface area contributed by atoms with Crippen molar-refractivity contribution in [3.05, 3.63) is 63.2 Å². The predicted molar refractivity (Wildman–Crippen MR) is 103 cm³/mol. The molecule has 134 valence electrons. The van der Waals surface area contributed by atoms with Crippen LogP contribution in [0.2, 0.25) is 0 Å². The summed E-state index contributed by atoms with van der Waals surface area (Å²) in [7, 11) is 0. The van der Waals surface area contributed by atoms with E-state index < -0.39 is 0 Å². The summed E-state index contributed by atoms with van der Waals surface area (Å²) in [6.07, 6.45) is 1.58. The fraction of sp³-hybridized carbons (Fsp3) is 0.176. The minimum Gasteiger partial charge on any atom is -0.438 e. The normalized spacial score (nSPS) is 10.5. The first-order valence-electron chi connectivity index (χ1n) is 7.89. The van der Waals surface area contributed by atoms with Gasteiger partial charge in [-0.15, -0.1) is 0 Å². The van der Waals surface area contributed by atoms with Crippen molar-refractivity contribution < 1.29 is 9.53 Å². The van der Waals surface area contributed by atoms with Crippen LogP contribution in [0.1, 0.15) is 23.1 Å². The third-order valence-corrected chi connectivity index (χ3v) is 4.44. The maximum Gasteiger partial charge on any atom is 0.257 e. The van der Waals surface area contributed by atoms with E-state index in [0.717, 1.165) is 4.47 Å². The minimum absolute atomic E-state index is 0.238. The first kappa shape index (κ1) is 18.3. The van der Waals surface area contributed by atoms with Gasteiger partial charge < -0.3 is 14.6 Å². The van der Waals surface area contributed by atoms with Gasteiger partial charge >= 0.3 is 0 Å². The third kappa shape index (κ3) is 4.17. The van der Waals surface area contributed by atoms with Crippen molar-refractivity contribution in [2.45, 2.75) is 20.0 Å². The van der Waals surface area contributed by atoms with E-state index in [0.29, 0.717) is 28.5 Å². The number of carbonyl (C=O) groups is 1. The molecule has 7 nitrogen and oxygen atoms in total. The van der Waals surface area contributed by atoms with Crippen molar-refractivity contribution in [1.29, 1.82) is 0 Å². The first-order valence-corrected chi connectivity index (χ1v) is 9.09. The zero-order chi connectivity index (χ0) is 18.5. The molecule has 2 heterocycles. The topological polar surface area (TPSA) is 84.8 Å². The molecule has 1 amide bonds. The number of nitrogens with zero attached hydrogens (tertiary/aromatic N) is 3. The van der Waals surface area contributed by atoms with E-state index in [1.807, 2.05) is 23.6 Å². The Morgan fingerprint density at radius 3 is 2.85 bits per heavy atom. The molecule has 1 aromatic carbocycles. The minimum atomic E-state index is -0.304. The molecule has 0 atom stereocenters. The lowest BCUT2D eigenvalue weighted by Gasteiger charge is -2.10. The second-order valence-corrected chi connectivity index (χ2v) is 6.59. The summed E-state index contributed by atoms with van der Waals surface area (Å²) in [4.78, 5) is 16.7. The Balaban J connectivity index is 1.75. The first-order chi connectivity index (χ1) is 12.6. The molecule has 0 aliphatic carbocycles. The van der Waals surface area contributed by atoms with Crippen LogP contribution in [-0.4, -0.2) is 25.7 Å². The quantitative estimate of drug-likeness (QED) is 0.576. The lowest BCUT2D eigenvalue weighted by Crippen LogP contribution is -2.25. The molecule has 0 saturated carbocycles. The summed E-state index contributed by atoms with van der Waals surface area (Å²) in [5.74, 6) is 1.18. The number of aromatic nitrogens is 4. The Hall–Kier alpha value is -2.52. The number of hydrogen-bond acceptors (Lipinski definition) is 5. The third-order valence-electron chi connectivity index (χ3n) is 3.60. The summed E-state index contributed by atoms with van der Waals surface area (Å²) in [5, 5.41) is 9.68. The van der Waals surface area contributed by atoms with Crippen LogP contribution < -0.4 is 10.1 Å². The average molecular weight is 434 g/mol. The van der Waals surface area contributed by atoms with Gasteiger partial charge in [0.05, 0.1) is 6.54 Å². The Bertz CT molecular complexity index is 968. The number of rotatable bonds is 6. The molecule has 26 heavy (non-hydrogen) atoms. The Morgan fingerprint density at radius 2 is 2.12 bits per heavy atom. The van der Waals surface area contributed by atoms with Crippen molar-refractivity contribution in [2.75, 3.05) is 0 Å². The van der Waals surface area contributed by atoms with Gasteiger partial charge in [0.2, 0.25) is 5.88 Å². The Kier molecular flexibility index (Phi) is 5.79. The highest BCUT2D eigenvalue weighted by Gasteiger charge is 2.15. The number of hydrogen-bond donors (Lipinski definition) is 2. The Morgan fingerprint density at radius 1 is 1.35 bits per heavy atom. The summed E-state index contributed by atoms with van der Waals surface area (Å²) in [5.41, 5.74) is 0.340. The maximum atomic E-state index is 12.6. The van der Waals surface area contributed by atoms with Gasteiger partial charge in [0, 0.05) is 17.2 Å². The van der Waals surface area contributed by atoms with E-state index >= 15 is 0 Å². The number of nitrogens with one attached hydrogen (secondary N) is 2. The summed E-state index contributed by atoms with van der Waals surface area (Å²) >= 11 is 8.52. The van der Waals surface area contributed by atoms with Crippen molar-refractivity contribution >= 4 is 34.1 Å². The number of benzene rings is 1. The van der Waals surface area contributed by atoms with Gasteiger partial charge in [-0.2, -0.15) is 5.10 Å². The van der Waals surface area contributed by atoms with Gasteiger partial charge in [0.1, 0.15) is 11.3 Å². The number of ether oxygens (including phenoxy) is 1. The molecule has 2 aromatic heterocycles. The number of carbonyl (C=O) groups excluding carboxylic acids is 1. The molecular formula is C17H16BrN5O2S. The standard InChI is InChI=1S/C17H16BrN5O2S/c1-2-23-14(21-22-17(23)26)10-20-15(24)13-4-3-9-19-16(13)25-12-7-5-11(18)6-8-12/h3-9H,2,10H2,1H3,(H,20,24)(H,22,26). The lowest BCUT2D eigenvalue weighted by molar-refractivity contribution is 0.0946. The van der Waals surface area contributed by atoms with Gasteiger partial charge in [0.15, 0.2) is 10.6 Å². The van der Waals surface area contributed by atoms with E-state index in [4.69, 9.17) is 17.0 Å². The highest BCUT2D eigenvalue weighted by atomic mass is 79.9. The van der Waals surface area contributed by atoms with E-state index in [9.17, 15) is 4.79 Å². The SMILES string of the molecule is CCn1c(CNC(=O)c2cccnc2Oc2ccc(Br)cc2)n[nH]c1=S. The van der Waals surface area contributed by atoms with Gasteiger partial charge in [-0.3, -0.25) is 9.89 Å². The van der Waals surface area contributed by atoms with Crippen LogP contribution in [0.4, 0.5) is 0 Å². The zero-order valence-corrected chi connectivity index (χ0v) is 16.3. The van der Waals surface area contributed by atoms with Crippen LogP contribution in [0.15, 0.2) is 47.1 Å². The summed E-state index contributed by atoms with van der Waals surface area (Å²) < 4.78 is 9.03. The maximum absolute atomic E-state index is 12.6. The molecule has 0 unspecified atom stereocenters. The molecule has 0 saturated heterocycles. The smallest absolute Gasteiger partial charge is 0.257 e. The van der Waals surface area contributed by atoms with Crippen LogP contribution in [-0.2, 0) is 13.1 Å². The number of halogens is 1. The van der Waals surface area contributed by atoms with Crippen molar-refractivity contribution in [3.8, 4) is 11.6 Å². The van der Waals surface area contributed by atoms with Gasteiger partial charge in [-0.25, -0.2) is 4.98 Å². The van der Waals surface area contributed by atoms with Gasteiger partial charge in [-0.05, 0) is 55.5 Å². The number of amides is 1. The average Bonchev–Trinajstić information content (AvgIpc) is 3.01. The molecule has 0 spiro atoms. The monoisotopic (exact) mass is 433 g/mol. The van der Waals surface area contributed by atoms with Crippen LogP contribution in [0.5, 0.6) is 11.6 Å². The van der Waals surface area contributed by atoms with Crippen molar-refractivity contribution in [2.24, 2.45) is 0 Å². The Labute approximate surface area is 163 Å². The molecule has 9 heteroatoms. The zero-order valence-electron chi connectivity index (χ0n) is 13.9. The van der Waals surface area contributed by atoms with Crippen molar-refractivity contribution in [3.63, 3.8) is 0 Å².